The maximum Gasteiger partial charge on any atom is 0.130 e. The Morgan fingerprint density at radius 2 is 1.83 bits per heavy atom. The van der Waals surface area contributed by atoms with Gasteiger partial charge in [0.1, 0.15) is 18.5 Å². The summed E-state index contributed by atoms with van der Waals surface area (Å²) in [6.45, 7) is 2.99. The Labute approximate surface area is 160 Å². The van der Waals surface area contributed by atoms with Gasteiger partial charge in [-0.25, -0.2) is 0 Å². The first-order valence-electron chi connectivity index (χ1n) is 8.63. The summed E-state index contributed by atoms with van der Waals surface area (Å²) in [7, 11) is 0.959. The van der Waals surface area contributed by atoms with Crippen molar-refractivity contribution in [3.63, 3.8) is 0 Å². The predicted molar refractivity (Wildman–Crippen MR) is 111 cm³/mol. The maximum atomic E-state index is 9.81. The molecule has 0 saturated carbocycles. The molecular formula is C20H25IO2Si. The third kappa shape index (κ3) is 6.13. The minimum atomic E-state index is 0.349. The Hall–Kier alpha value is -1.01. The second-order valence-corrected chi connectivity index (χ2v) is 8.96. The van der Waals surface area contributed by atoms with Crippen LogP contribution in [0.2, 0.25) is 6.04 Å². The summed E-state index contributed by atoms with van der Waals surface area (Å²) < 4.78 is 5.79. The van der Waals surface area contributed by atoms with E-state index in [1.807, 2.05) is 24.3 Å². The number of halogens is 1. The van der Waals surface area contributed by atoms with Crippen molar-refractivity contribution in [3.05, 3.63) is 48.0 Å². The Morgan fingerprint density at radius 3 is 2.54 bits per heavy atom. The zero-order chi connectivity index (χ0) is 17.2. The highest BCUT2D eigenvalue weighted by Gasteiger charge is 2.07. The van der Waals surface area contributed by atoms with Gasteiger partial charge in [-0.2, -0.15) is 0 Å². The van der Waals surface area contributed by atoms with Crippen molar-refractivity contribution >= 4 is 28.8 Å². The zero-order valence-electron chi connectivity index (χ0n) is 14.2. The SMILES string of the molecule is CCCCCOc1ccc(-c2ccc(O)cc2CCC[Si]I)cc1. The molecule has 0 saturated heterocycles. The highest BCUT2D eigenvalue weighted by molar-refractivity contribution is 14.1. The quantitative estimate of drug-likeness (QED) is 0.206. The van der Waals surface area contributed by atoms with Crippen LogP contribution in [0.4, 0.5) is 0 Å². The van der Waals surface area contributed by atoms with E-state index in [2.05, 4.69) is 40.9 Å². The molecule has 0 aliphatic rings. The molecule has 2 rings (SSSR count). The van der Waals surface area contributed by atoms with E-state index in [1.54, 1.807) is 6.07 Å². The number of phenols is 1. The van der Waals surface area contributed by atoms with Crippen molar-refractivity contribution in [2.75, 3.05) is 6.61 Å². The molecule has 0 unspecified atom stereocenters. The van der Waals surface area contributed by atoms with Crippen LogP contribution in [0.5, 0.6) is 11.5 Å². The third-order valence-corrected chi connectivity index (χ3v) is 6.15. The molecule has 0 bridgehead atoms. The molecular weight excluding hydrogens is 427 g/mol. The lowest BCUT2D eigenvalue weighted by atomic mass is 9.96. The number of aromatic hydroxyl groups is 1. The van der Waals surface area contributed by atoms with Gasteiger partial charge in [0.2, 0.25) is 0 Å². The van der Waals surface area contributed by atoms with E-state index < -0.39 is 0 Å². The van der Waals surface area contributed by atoms with Gasteiger partial charge in [-0.05, 0) is 53.8 Å². The van der Waals surface area contributed by atoms with E-state index in [4.69, 9.17) is 4.74 Å². The van der Waals surface area contributed by atoms with E-state index in [9.17, 15) is 5.11 Å². The van der Waals surface area contributed by atoms with Crippen LogP contribution in [0.3, 0.4) is 0 Å². The van der Waals surface area contributed by atoms with Gasteiger partial charge in [-0.15, -0.1) is 21.8 Å². The molecule has 4 heteroatoms. The Balaban J connectivity index is 2.07. The van der Waals surface area contributed by atoms with E-state index >= 15 is 0 Å². The first-order chi connectivity index (χ1) is 11.7. The number of benzene rings is 2. The number of phenolic OH excluding ortho intramolecular Hbond substituents is 1. The van der Waals surface area contributed by atoms with Crippen LogP contribution in [0.25, 0.3) is 11.1 Å². The van der Waals surface area contributed by atoms with Crippen LogP contribution in [0.15, 0.2) is 42.5 Å². The van der Waals surface area contributed by atoms with Crippen molar-refractivity contribution in [2.45, 2.75) is 45.1 Å². The smallest absolute Gasteiger partial charge is 0.130 e. The molecule has 1 N–H and O–H groups in total. The fourth-order valence-electron chi connectivity index (χ4n) is 2.69. The molecule has 2 nitrogen and oxygen atoms in total. The van der Waals surface area contributed by atoms with Gasteiger partial charge in [-0.3, -0.25) is 0 Å². The lowest BCUT2D eigenvalue weighted by Crippen LogP contribution is -1.97. The van der Waals surface area contributed by atoms with Gasteiger partial charge in [-0.1, -0.05) is 50.4 Å². The van der Waals surface area contributed by atoms with Crippen LogP contribution in [0.1, 0.15) is 38.2 Å². The molecule has 2 radical (unpaired) electrons. The molecule has 2 aromatic rings. The minimum Gasteiger partial charge on any atom is -0.508 e. The summed E-state index contributed by atoms with van der Waals surface area (Å²) in [6, 6.07) is 15.3. The Bertz CT molecular complexity index is 614. The van der Waals surface area contributed by atoms with Gasteiger partial charge in [0, 0.05) is 0 Å². The molecule has 0 aliphatic heterocycles. The summed E-state index contributed by atoms with van der Waals surface area (Å²) in [5.41, 5.74) is 3.62. The van der Waals surface area contributed by atoms with Crippen LogP contribution in [0, 0.1) is 0 Å². The Kier molecular flexibility index (Phi) is 8.67. The number of unbranched alkanes of at least 4 members (excludes halogenated alkanes) is 2. The van der Waals surface area contributed by atoms with Gasteiger partial charge >= 0.3 is 0 Å². The zero-order valence-corrected chi connectivity index (χ0v) is 17.4. The highest BCUT2D eigenvalue weighted by Crippen LogP contribution is 2.29. The summed E-state index contributed by atoms with van der Waals surface area (Å²) in [5.74, 6) is 1.28. The molecule has 0 heterocycles. The Morgan fingerprint density at radius 1 is 1.04 bits per heavy atom. The molecule has 0 aromatic heterocycles. The van der Waals surface area contributed by atoms with Crippen molar-refractivity contribution < 1.29 is 9.84 Å². The second kappa shape index (κ2) is 10.8. The van der Waals surface area contributed by atoms with Gasteiger partial charge < -0.3 is 9.84 Å². The standard InChI is InChI=1S/C20H25IO2Si/c1-2-3-4-13-23-19-10-7-16(8-11-19)20-12-9-18(22)15-17(20)6-5-14-24-21/h7-12,15,22H,2-6,13-14H2,1H3. The van der Waals surface area contributed by atoms with Crippen LogP contribution in [-0.4, -0.2) is 18.7 Å². The van der Waals surface area contributed by atoms with Crippen molar-refractivity contribution in [1.82, 2.24) is 0 Å². The lowest BCUT2D eigenvalue weighted by Gasteiger charge is -2.12. The lowest BCUT2D eigenvalue weighted by molar-refractivity contribution is 0.306. The van der Waals surface area contributed by atoms with Gasteiger partial charge in [0.15, 0.2) is 0 Å². The van der Waals surface area contributed by atoms with Gasteiger partial charge in [0.05, 0.1) is 6.61 Å². The average Bonchev–Trinajstić information content (AvgIpc) is 2.60. The topological polar surface area (TPSA) is 29.5 Å². The summed E-state index contributed by atoms with van der Waals surface area (Å²) in [5, 5.41) is 9.81. The van der Waals surface area contributed by atoms with Crippen LogP contribution >= 0.6 is 21.8 Å². The van der Waals surface area contributed by atoms with E-state index in [0.29, 0.717) is 5.75 Å². The second-order valence-electron chi connectivity index (χ2n) is 5.91. The monoisotopic (exact) mass is 452 g/mol. The minimum absolute atomic E-state index is 0.349. The van der Waals surface area contributed by atoms with E-state index in [0.717, 1.165) is 38.6 Å². The predicted octanol–water partition coefficient (Wildman–Crippen LogP) is 6.03. The molecule has 0 spiro atoms. The molecule has 0 atom stereocenters. The first-order valence-corrected chi connectivity index (χ1v) is 13.0. The summed E-state index contributed by atoms with van der Waals surface area (Å²) >= 11 is 2.44. The van der Waals surface area contributed by atoms with Crippen LogP contribution < -0.4 is 4.74 Å². The molecule has 128 valence electrons. The molecule has 0 amide bonds. The fourth-order valence-corrected chi connectivity index (χ4v) is 4.14. The fraction of sp³-hybridized carbons (Fsp3) is 0.400. The normalized spacial score (nSPS) is 10.8. The van der Waals surface area contributed by atoms with Crippen molar-refractivity contribution in [3.8, 4) is 22.6 Å². The van der Waals surface area contributed by atoms with E-state index in [1.165, 1.54) is 35.6 Å². The van der Waals surface area contributed by atoms with Gasteiger partial charge in [0.25, 0.3) is 0 Å². The molecule has 0 fully saturated rings. The number of ether oxygens (including phenoxy) is 1. The molecule has 24 heavy (non-hydrogen) atoms. The summed E-state index contributed by atoms with van der Waals surface area (Å²) in [4.78, 5) is 0. The third-order valence-electron chi connectivity index (χ3n) is 3.99. The van der Waals surface area contributed by atoms with E-state index in [-0.39, 0.29) is 0 Å². The number of aryl methyl sites for hydroxylation is 1. The molecule has 0 aliphatic carbocycles. The largest absolute Gasteiger partial charge is 0.508 e. The maximum absolute atomic E-state index is 9.81. The van der Waals surface area contributed by atoms with Crippen molar-refractivity contribution in [2.24, 2.45) is 0 Å². The summed E-state index contributed by atoms with van der Waals surface area (Å²) in [6.07, 6.45) is 5.71. The van der Waals surface area contributed by atoms with Crippen LogP contribution in [-0.2, 0) is 6.42 Å². The first kappa shape index (κ1) is 19.3. The van der Waals surface area contributed by atoms with Crippen molar-refractivity contribution in [1.29, 1.82) is 0 Å². The molecule has 2 aromatic carbocycles. The number of hydrogen-bond acceptors (Lipinski definition) is 2. The highest BCUT2D eigenvalue weighted by atomic mass is 127. The number of rotatable bonds is 10. The number of hydrogen-bond donors (Lipinski definition) is 1. The average molecular weight is 452 g/mol.